The maximum Gasteiger partial charge on any atom is 0.273 e. The normalized spacial score (nSPS) is 14.7. The van der Waals surface area contributed by atoms with Crippen LogP contribution in [-0.2, 0) is 4.79 Å². The molecule has 13 nitrogen and oxygen atoms in total. The number of ether oxygens (including phenoxy) is 5. The number of aromatic nitrogens is 1. The van der Waals surface area contributed by atoms with Crippen molar-refractivity contribution in [2.75, 3.05) is 38.8 Å². The number of nitrogens with one attached hydrogen (secondary N) is 1. The summed E-state index contributed by atoms with van der Waals surface area (Å²) >= 11 is 0.716. The van der Waals surface area contributed by atoms with Gasteiger partial charge in [0, 0.05) is 17.8 Å². The summed E-state index contributed by atoms with van der Waals surface area (Å²) in [6, 6.07) is 6.77. The van der Waals surface area contributed by atoms with Gasteiger partial charge in [-0.15, -0.1) is 0 Å². The number of hydrogen-bond acceptors (Lipinski definition) is 11. The zero-order valence-electron chi connectivity index (χ0n) is 23.3. The van der Waals surface area contributed by atoms with Crippen molar-refractivity contribution in [2.45, 2.75) is 37.8 Å². The number of nitrogens with zero attached hydrogens (tertiary/aromatic N) is 2. The van der Waals surface area contributed by atoms with Gasteiger partial charge in [0.15, 0.2) is 28.7 Å². The molecule has 5 N–H and O–H groups in total. The number of hydrogen-bond donors (Lipinski definition) is 3. The van der Waals surface area contributed by atoms with Crippen LogP contribution in [0.25, 0.3) is 0 Å². The number of primary amides is 1. The summed E-state index contributed by atoms with van der Waals surface area (Å²) in [5.41, 5.74) is 11.9. The van der Waals surface area contributed by atoms with Crippen LogP contribution in [0.5, 0.6) is 28.7 Å². The van der Waals surface area contributed by atoms with Gasteiger partial charge in [-0.3, -0.25) is 19.3 Å². The Balaban J connectivity index is 1.72. The van der Waals surface area contributed by atoms with E-state index in [1.165, 1.54) is 26.2 Å². The van der Waals surface area contributed by atoms with Crippen LogP contribution in [0.2, 0.25) is 0 Å². The molecular weight excluding hydrogens is 566 g/mol. The first-order valence-corrected chi connectivity index (χ1v) is 13.9. The average Bonchev–Trinajstić information content (AvgIpc) is 3.75. The van der Waals surface area contributed by atoms with Crippen molar-refractivity contribution in [2.24, 2.45) is 5.73 Å². The molecule has 1 saturated carbocycles. The Kier molecular flexibility index (Phi) is 8.24. The third-order valence-electron chi connectivity index (χ3n) is 7.22. The second-order valence-corrected chi connectivity index (χ2v) is 10.5. The van der Waals surface area contributed by atoms with Gasteiger partial charge in [0.2, 0.25) is 18.4 Å². The van der Waals surface area contributed by atoms with Crippen LogP contribution in [0.3, 0.4) is 0 Å². The summed E-state index contributed by atoms with van der Waals surface area (Å²) in [5, 5.41) is 3.11. The number of benzene rings is 2. The van der Waals surface area contributed by atoms with E-state index in [0.717, 1.165) is 25.7 Å². The van der Waals surface area contributed by atoms with E-state index in [4.69, 9.17) is 35.2 Å². The molecule has 1 aromatic heterocycles. The lowest BCUT2D eigenvalue weighted by Crippen LogP contribution is -2.46. The Morgan fingerprint density at radius 1 is 1.02 bits per heavy atom. The van der Waals surface area contributed by atoms with E-state index in [0.29, 0.717) is 40.0 Å². The van der Waals surface area contributed by atoms with Gasteiger partial charge in [0.05, 0.1) is 27.0 Å². The molecule has 14 heteroatoms. The summed E-state index contributed by atoms with van der Waals surface area (Å²) < 4.78 is 31.7. The summed E-state index contributed by atoms with van der Waals surface area (Å²) in [6.45, 7) is 0.00890. The maximum atomic E-state index is 14.4. The minimum Gasteiger partial charge on any atom is -0.493 e. The number of anilines is 2. The molecule has 42 heavy (non-hydrogen) atoms. The number of fused-ring (bicyclic) bond motifs is 1. The van der Waals surface area contributed by atoms with Crippen LogP contribution in [0.15, 0.2) is 30.3 Å². The lowest BCUT2D eigenvalue weighted by atomic mass is 10.00. The van der Waals surface area contributed by atoms with Crippen LogP contribution < -0.4 is 45.4 Å². The molecule has 2 aromatic carbocycles. The van der Waals surface area contributed by atoms with Crippen molar-refractivity contribution >= 4 is 40.6 Å². The molecule has 222 valence electrons. The van der Waals surface area contributed by atoms with E-state index < -0.39 is 23.8 Å². The van der Waals surface area contributed by atoms with E-state index in [1.54, 1.807) is 30.3 Å². The molecule has 2 heterocycles. The minimum absolute atomic E-state index is 0.00890. The first-order valence-electron chi connectivity index (χ1n) is 13.2. The highest BCUT2D eigenvalue weighted by molar-refractivity contribution is 7.09. The van der Waals surface area contributed by atoms with E-state index in [1.807, 2.05) is 0 Å². The van der Waals surface area contributed by atoms with Gasteiger partial charge in [-0.05, 0) is 54.2 Å². The van der Waals surface area contributed by atoms with E-state index in [-0.39, 0.29) is 40.6 Å². The molecule has 1 atom stereocenters. The Hall–Kier alpha value is -4.72. The number of methoxy groups -OCH3 is 3. The maximum absolute atomic E-state index is 14.4. The third-order valence-corrected chi connectivity index (χ3v) is 8.07. The second-order valence-electron chi connectivity index (χ2n) is 9.70. The molecule has 5 rings (SSSR count). The number of carbonyl (C=O) groups is 3. The Labute approximate surface area is 245 Å². The summed E-state index contributed by atoms with van der Waals surface area (Å²) in [6.07, 6.45) is 3.60. The van der Waals surface area contributed by atoms with Crippen LogP contribution in [0.1, 0.15) is 57.4 Å². The molecule has 0 bridgehead atoms. The van der Waals surface area contributed by atoms with Crippen molar-refractivity contribution in [1.82, 2.24) is 9.69 Å². The van der Waals surface area contributed by atoms with Crippen LogP contribution in [0.4, 0.5) is 11.4 Å². The lowest BCUT2D eigenvalue weighted by molar-refractivity contribution is -0.123. The van der Waals surface area contributed by atoms with E-state index in [2.05, 4.69) is 9.69 Å². The zero-order chi connectivity index (χ0) is 30.0. The number of nitrogen functional groups attached to an aromatic ring is 1. The standard InChI is InChI=1S/C28H31N5O8S/c1-37-19-10-14(11-20(38-2)24(19)39-3)23(27(35)31-15-6-4-5-7-15)33(16-8-9-17-18(12-16)41-13-40-17)28(36)25-21(29)22(26(30)34)32-42-25/h8-12,15,23H,4-7,13,29H2,1-3H3,(H2,30,34)(H,31,35)/t23-/m0/s1. The summed E-state index contributed by atoms with van der Waals surface area (Å²) in [5.74, 6) is -0.236. The van der Waals surface area contributed by atoms with Crippen molar-refractivity contribution < 1.29 is 38.1 Å². The number of rotatable bonds is 10. The molecule has 0 saturated heterocycles. The molecule has 3 amide bonds. The summed E-state index contributed by atoms with van der Waals surface area (Å²) in [7, 11) is 4.38. The minimum atomic E-state index is -1.26. The third kappa shape index (κ3) is 5.32. The molecule has 1 aliphatic heterocycles. The Morgan fingerprint density at radius 2 is 1.69 bits per heavy atom. The quantitative estimate of drug-likeness (QED) is 0.315. The highest BCUT2D eigenvalue weighted by Gasteiger charge is 2.38. The first-order chi connectivity index (χ1) is 20.3. The largest absolute Gasteiger partial charge is 0.493 e. The summed E-state index contributed by atoms with van der Waals surface area (Å²) in [4.78, 5) is 41.8. The van der Waals surface area contributed by atoms with Gasteiger partial charge in [-0.25, -0.2) is 0 Å². The molecule has 0 spiro atoms. The Bertz CT molecular complexity index is 1490. The zero-order valence-corrected chi connectivity index (χ0v) is 24.1. The predicted molar refractivity (Wildman–Crippen MR) is 154 cm³/mol. The molecular formula is C28H31N5O8S. The molecule has 0 radical (unpaired) electrons. The number of carbonyl (C=O) groups excluding carboxylic acids is 3. The average molecular weight is 598 g/mol. The van der Waals surface area contributed by atoms with Crippen molar-refractivity contribution in [3.05, 3.63) is 46.5 Å². The fourth-order valence-electron chi connectivity index (χ4n) is 5.18. The number of nitrogens with two attached hydrogens (primary N) is 2. The highest BCUT2D eigenvalue weighted by Crippen LogP contribution is 2.44. The van der Waals surface area contributed by atoms with Crippen molar-refractivity contribution in [1.29, 1.82) is 0 Å². The highest BCUT2D eigenvalue weighted by atomic mass is 32.1. The molecule has 1 fully saturated rings. The van der Waals surface area contributed by atoms with Crippen LogP contribution in [0, 0.1) is 0 Å². The van der Waals surface area contributed by atoms with Crippen molar-refractivity contribution in [3.8, 4) is 28.7 Å². The van der Waals surface area contributed by atoms with E-state index >= 15 is 0 Å². The monoisotopic (exact) mass is 597 g/mol. The van der Waals surface area contributed by atoms with Gasteiger partial charge >= 0.3 is 0 Å². The van der Waals surface area contributed by atoms with Crippen LogP contribution >= 0.6 is 11.5 Å². The first kappa shape index (κ1) is 28.8. The lowest BCUT2D eigenvalue weighted by Gasteiger charge is -2.32. The van der Waals surface area contributed by atoms with E-state index in [9.17, 15) is 14.4 Å². The fourth-order valence-corrected chi connectivity index (χ4v) is 5.93. The predicted octanol–water partition coefficient (Wildman–Crippen LogP) is 3.03. The van der Waals surface area contributed by atoms with Crippen LogP contribution in [-0.4, -0.2) is 56.3 Å². The number of amides is 3. The molecule has 0 unspecified atom stereocenters. The van der Waals surface area contributed by atoms with Gasteiger partial charge < -0.3 is 40.5 Å². The topological polar surface area (TPSA) is 178 Å². The van der Waals surface area contributed by atoms with Gasteiger partial charge in [0.1, 0.15) is 10.9 Å². The van der Waals surface area contributed by atoms with Gasteiger partial charge in [-0.2, -0.15) is 4.37 Å². The van der Waals surface area contributed by atoms with Gasteiger partial charge in [-0.1, -0.05) is 12.8 Å². The smallest absolute Gasteiger partial charge is 0.273 e. The molecule has 2 aliphatic rings. The molecule has 3 aromatic rings. The van der Waals surface area contributed by atoms with Crippen molar-refractivity contribution in [3.63, 3.8) is 0 Å². The SMILES string of the molecule is COc1cc([C@@H](C(=O)NC2CCCC2)N(C(=O)c2snc(C(N)=O)c2N)c2ccc3c(c2)OCO3)cc(OC)c1OC. The fraction of sp³-hybridized carbons (Fsp3) is 0.357. The second kappa shape index (κ2) is 12.0. The molecule has 1 aliphatic carbocycles. The Morgan fingerprint density at radius 3 is 2.29 bits per heavy atom. The van der Waals surface area contributed by atoms with Gasteiger partial charge in [0.25, 0.3) is 11.8 Å².